The minimum absolute atomic E-state index is 0.556. The molecule has 5 rings (SSSR count). The van der Waals surface area contributed by atoms with E-state index in [4.69, 9.17) is 0 Å². The van der Waals surface area contributed by atoms with Gasteiger partial charge in [0.1, 0.15) is 11.4 Å². The van der Waals surface area contributed by atoms with E-state index in [1.54, 1.807) is 6.20 Å². The Morgan fingerprint density at radius 2 is 2.07 bits per heavy atom. The lowest BCUT2D eigenvalue weighted by Crippen LogP contribution is -2.04. The molecule has 0 saturated carbocycles. The molecule has 0 saturated heterocycles. The van der Waals surface area contributed by atoms with E-state index in [0.717, 1.165) is 34.9 Å². The second-order valence-electron chi connectivity index (χ2n) is 7.11. The van der Waals surface area contributed by atoms with Gasteiger partial charge in [0, 0.05) is 30.4 Å². The summed E-state index contributed by atoms with van der Waals surface area (Å²) in [5.74, 6) is 0.556. The molecule has 4 aromatic rings. The first-order valence-electron chi connectivity index (χ1n) is 9.22. The maximum atomic E-state index is 4.59. The number of aromatic nitrogens is 6. The first kappa shape index (κ1) is 15.9. The summed E-state index contributed by atoms with van der Waals surface area (Å²) < 4.78 is 2.18. The first-order chi connectivity index (χ1) is 13.3. The Balaban J connectivity index is 1.39. The molecule has 1 aromatic carbocycles. The number of fused-ring (bicyclic) bond motifs is 1. The summed E-state index contributed by atoms with van der Waals surface area (Å²) in [5, 5.41) is 10.9. The highest BCUT2D eigenvalue weighted by Crippen LogP contribution is 2.34. The average Bonchev–Trinajstić information content (AvgIpc) is 3.43. The van der Waals surface area contributed by atoms with E-state index < -0.39 is 0 Å². The van der Waals surface area contributed by atoms with Crippen LogP contribution in [-0.2, 0) is 13.0 Å². The lowest BCUT2D eigenvalue weighted by atomic mass is 10.0. The third-order valence-corrected chi connectivity index (χ3v) is 5.34. The summed E-state index contributed by atoms with van der Waals surface area (Å²) in [7, 11) is 0. The Morgan fingerprint density at radius 1 is 1.15 bits per heavy atom. The normalized spacial score (nSPS) is 15.8. The summed E-state index contributed by atoms with van der Waals surface area (Å²) in [5.41, 5.74) is 7.48. The number of hydrogen-bond acceptors (Lipinski definition) is 4. The van der Waals surface area contributed by atoms with Crippen molar-refractivity contribution in [3.8, 4) is 22.6 Å². The summed E-state index contributed by atoms with van der Waals surface area (Å²) in [4.78, 5) is 9.08. The molecular weight excluding hydrogens is 336 g/mol. The molecule has 134 valence electrons. The summed E-state index contributed by atoms with van der Waals surface area (Å²) in [6, 6.07) is 12.7. The van der Waals surface area contributed by atoms with Crippen LogP contribution in [0.3, 0.4) is 0 Å². The van der Waals surface area contributed by atoms with Gasteiger partial charge < -0.3 is 4.57 Å². The maximum Gasteiger partial charge on any atom is 0.115 e. The molecule has 3 heterocycles. The molecule has 0 radical (unpaired) electrons. The summed E-state index contributed by atoms with van der Waals surface area (Å²) in [6.45, 7) is 2.91. The van der Waals surface area contributed by atoms with E-state index in [-0.39, 0.29) is 0 Å². The van der Waals surface area contributed by atoms with Crippen molar-refractivity contribution < 1.29 is 0 Å². The van der Waals surface area contributed by atoms with Crippen LogP contribution in [0, 0.1) is 6.92 Å². The fraction of sp³-hybridized carbons (Fsp3) is 0.238. The van der Waals surface area contributed by atoms with Crippen molar-refractivity contribution in [2.45, 2.75) is 32.2 Å². The molecule has 1 N–H and O–H groups in total. The van der Waals surface area contributed by atoms with Crippen LogP contribution in [0.5, 0.6) is 0 Å². The Bertz CT molecular complexity index is 1090. The molecule has 27 heavy (non-hydrogen) atoms. The van der Waals surface area contributed by atoms with Crippen molar-refractivity contribution in [1.29, 1.82) is 0 Å². The topological polar surface area (TPSA) is 72.3 Å². The standard InChI is InChI=1S/C21H20N6/c1-14-21(25-26-24-14)16-8-9-22-19(10-16)20-12-27(13-23-20)11-17-7-6-15-4-2-3-5-18(15)17/h2-5,8-10,12-13,17H,6-7,11H2,1H3,(H,24,25,26)/t17-/m0/s1. The summed E-state index contributed by atoms with van der Waals surface area (Å²) >= 11 is 0. The van der Waals surface area contributed by atoms with Crippen LogP contribution >= 0.6 is 0 Å². The highest BCUT2D eigenvalue weighted by atomic mass is 15.3. The Labute approximate surface area is 157 Å². The zero-order chi connectivity index (χ0) is 18.2. The number of nitrogens with zero attached hydrogens (tertiary/aromatic N) is 5. The number of benzene rings is 1. The molecule has 0 amide bonds. The van der Waals surface area contributed by atoms with Crippen LogP contribution in [0.15, 0.2) is 55.1 Å². The van der Waals surface area contributed by atoms with E-state index in [9.17, 15) is 0 Å². The van der Waals surface area contributed by atoms with Crippen molar-refractivity contribution in [3.05, 3.63) is 71.9 Å². The van der Waals surface area contributed by atoms with Crippen LogP contribution in [0.25, 0.3) is 22.6 Å². The number of hydrogen-bond donors (Lipinski definition) is 1. The second kappa shape index (κ2) is 6.46. The number of rotatable bonds is 4. The van der Waals surface area contributed by atoms with Crippen LogP contribution in [0.2, 0.25) is 0 Å². The average molecular weight is 356 g/mol. The molecule has 0 spiro atoms. The lowest BCUT2D eigenvalue weighted by molar-refractivity contribution is 0.555. The largest absolute Gasteiger partial charge is 0.336 e. The van der Waals surface area contributed by atoms with Gasteiger partial charge in [0.15, 0.2) is 0 Å². The highest BCUT2D eigenvalue weighted by molar-refractivity contribution is 5.67. The molecule has 6 nitrogen and oxygen atoms in total. The number of aromatic amines is 1. The molecule has 1 aliphatic rings. The molecule has 0 bridgehead atoms. The van der Waals surface area contributed by atoms with Gasteiger partial charge in [0.25, 0.3) is 0 Å². The van der Waals surface area contributed by atoms with Crippen molar-refractivity contribution in [2.24, 2.45) is 0 Å². The fourth-order valence-electron chi connectivity index (χ4n) is 3.95. The smallest absolute Gasteiger partial charge is 0.115 e. The quantitative estimate of drug-likeness (QED) is 0.604. The Kier molecular flexibility index (Phi) is 3.81. The number of nitrogens with one attached hydrogen (secondary N) is 1. The van der Waals surface area contributed by atoms with Crippen molar-refractivity contribution >= 4 is 0 Å². The summed E-state index contributed by atoms with van der Waals surface area (Å²) in [6.07, 6.45) is 8.16. The Hall–Kier alpha value is -3.28. The van der Waals surface area contributed by atoms with Crippen LogP contribution in [0.1, 0.15) is 29.2 Å². The van der Waals surface area contributed by atoms with E-state index in [0.29, 0.717) is 5.92 Å². The monoisotopic (exact) mass is 356 g/mol. The zero-order valence-electron chi connectivity index (χ0n) is 15.1. The van der Waals surface area contributed by atoms with Crippen molar-refractivity contribution in [1.82, 2.24) is 29.9 Å². The zero-order valence-corrected chi connectivity index (χ0v) is 15.1. The van der Waals surface area contributed by atoms with Gasteiger partial charge in [-0.15, -0.1) is 5.10 Å². The predicted molar refractivity (Wildman–Crippen MR) is 103 cm³/mol. The van der Waals surface area contributed by atoms with Crippen molar-refractivity contribution in [3.63, 3.8) is 0 Å². The molecule has 1 aliphatic carbocycles. The van der Waals surface area contributed by atoms with Gasteiger partial charge in [0.2, 0.25) is 0 Å². The van der Waals surface area contributed by atoms with Gasteiger partial charge in [-0.05, 0) is 43.0 Å². The molecule has 0 aliphatic heterocycles. The van der Waals surface area contributed by atoms with Gasteiger partial charge in [0.05, 0.1) is 17.7 Å². The fourth-order valence-corrected chi connectivity index (χ4v) is 3.95. The van der Waals surface area contributed by atoms with E-state index in [1.165, 1.54) is 24.0 Å². The lowest BCUT2D eigenvalue weighted by Gasteiger charge is -2.11. The van der Waals surface area contributed by atoms with Gasteiger partial charge in [-0.3, -0.25) is 10.1 Å². The molecule has 1 atom stereocenters. The van der Waals surface area contributed by atoms with Crippen LogP contribution < -0.4 is 0 Å². The minimum Gasteiger partial charge on any atom is -0.336 e. The first-order valence-corrected chi connectivity index (χ1v) is 9.22. The number of imidazole rings is 1. The SMILES string of the molecule is Cc1[nH]nnc1-c1ccnc(-c2cn(C[C@@H]3CCc4ccccc43)cn2)c1. The van der Waals surface area contributed by atoms with Gasteiger partial charge >= 0.3 is 0 Å². The van der Waals surface area contributed by atoms with E-state index in [1.807, 2.05) is 25.4 Å². The number of pyridine rings is 1. The second-order valence-corrected chi connectivity index (χ2v) is 7.11. The highest BCUT2D eigenvalue weighted by Gasteiger charge is 2.22. The van der Waals surface area contributed by atoms with Gasteiger partial charge in [-0.2, -0.15) is 0 Å². The number of aryl methyl sites for hydroxylation is 2. The van der Waals surface area contributed by atoms with E-state index in [2.05, 4.69) is 60.4 Å². The molecule has 0 unspecified atom stereocenters. The molecule has 0 fully saturated rings. The maximum absolute atomic E-state index is 4.59. The van der Waals surface area contributed by atoms with E-state index >= 15 is 0 Å². The van der Waals surface area contributed by atoms with Crippen molar-refractivity contribution in [2.75, 3.05) is 0 Å². The molecular formula is C21H20N6. The third kappa shape index (κ3) is 2.93. The molecule has 6 heteroatoms. The predicted octanol–water partition coefficient (Wildman–Crippen LogP) is 3.77. The van der Waals surface area contributed by atoms with Gasteiger partial charge in [-0.25, -0.2) is 4.98 Å². The van der Waals surface area contributed by atoms with Crippen LogP contribution in [0.4, 0.5) is 0 Å². The van der Waals surface area contributed by atoms with Gasteiger partial charge in [-0.1, -0.05) is 29.5 Å². The van der Waals surface area contributed by atoms with Crippen LogP contribution in [-0.4, -0.2) is 29.9 Å². The minimum atomic E-state index is 0.556. The molecule has 3 aromatic heterocycles. The number of H-pyrrole nitrogens is 1. The third-order valence-electron chi connectivity index (χ3n) is 5.34. The Morgan fingerprint density at radius 3 is 2.96 bits per heavy atom.